The van der Waals surface area contributed by atoms with Gasteiger partial charge >= 0.3 is 5.97 Å². The molecule has 0 saturated carbocycles. The number of carbonyl (C=O) groups is 2. The minimum atomic E-state index is -0.851. The first kappa shape index (κ1) is 25.0. The third kappa shape index (κ3) is 5.59. The second-order valence-electron chi connectivity index (χ2n) is 8.52. The van der Waals surface area contributed by atoms with Gasteiger partial charge in [0.05, 0.1) is 20.3 Å². The third-order valence-corrected chi connectivity index (χ3v) is 6.29. The number of hydrogen-bond acceptors (Lipinski definition) is 5. The van der Waals surface area contributed by atoms with E-state index in [1.165, 1.54) is 12.1 Å². The number of aryl methyl sites for hydroxylation is 1. The summed E-state index contributed by atoms with van der Waals surface area (Å²) in [6, 6.07) is 16.5. The molecule has 1 aliphatic heterocycles. The summed E-state index contributed by atoms with van der Waals surface area (Å²) in [7, 11) is 3.14. The van der Waals surface area contributed by atoms with Crippen LogP contribution in [0.25, 0.3) is 0 Å². The number of nitrogens with zero attached hydrogens (tertiary/aromatic N) is 1. The van der Waals surface area contributed by atoms with Crippen molar-refractivity contribution in [2.75, 3.05) is 27.4 Å². The highest BCUT2D eigenvalue weighted by Crippen LogP contribution is 2.41. The summed E-state index contributed by atoms with van der Waals surface area (Å²) in [4.78, 5) is 25.9. The van der Waals surface area contributed by atoms with E-state index in [1.54, 1.807) is 55.5 Å². The van der Waals surface area contributed by atoms with Gasteiger partial charge in [0.15, 0.2) is 18.1 Å². The van der Waals surface area contributed by atoms with Crippen LogP contribution in [-0.2, 0) is 22.4 Å². The van der Waals surface area contributed by atoms with Crippen molar-refractivity contribution in [2.45, 2.75) is 25.3 Å². The molecule has 0 aromatic heterocycles. The molecule has 188 valence electrons. The van der Waals surface area contributed by atoms with Crippen molar-refractivity contribution in [1.82, 2.24) is 4.90 Å². The molecule has 8 heteroatoms. The van der Waals surface area contributed by atoms with Gasteiger partial charge in [-0.15, -0.1) is 0 Å². The molecule has 36 heavy (non-hydrogen) atoms. The molecule has 1 aliphatic rings. The number of halogens is 1. The topological polar surface area (TPSA) is 85.3 Å². The molecule has 0 aliphatic carbocycles. The van der Waals surface area contributed by atoms with Gasteiger partial charge in [-0.3, -0.25) is 9.59 Å². The van der Waals surface area contributed by atoms with Gasteiger partial charge in [-0.1, -0.05) is 24.3 Å². The smallest absolute Gasteiger partial charge is 0.303 e. The van der Waals surface area contributed by atoms with Crippen LogP contribution < -0.4 is 14.2 Å². The van der Waals surface area contributed by atoms with Crippen LogP contribution in [0.4, 0.5) is 4.39 Å². The van der Waals surface area contributed by atoms with Gasteiger partial charge in [-0.25, -0.2) is 4.39 Å². The van der Waals surface area contributed by atoms with E-state index < -0.39 is 12.0 Å². The maximum atomic E-state index is 13.7. The Balaban J connectivity index is 1.56. The van der Waals surface area contributed by atoms with Gasteiger partial charge < -0.3 is 24.2 Å². The summed E-state index contributed by atoms with van der Waals surface area (Å²) in [5.74, 6) is 0.274. The van der Waals surface area contributed by atoms with Crippen LogP contribution in [0.15, 0.2) is 60.7 Å². The lowest BCUT2D eigenvalue weighted by Gasteiger charge is -2.38. The largest absolute Gasteiger partial charge is 0.493 e. The zero-order chi connectivity index (χ0) is 25.7. The van der Waals surface area contributed by atoms with Crippen LogP contribution in [0.5, 0.6) is 17.2 Å². The maximum Gasteiger partial charge on any atom is 0.303 e. The van der Waals surface area contributed by atoms with Crippen molar-refractivity contribution in [3.05, 3.63) is 88.7 Å². The van der Waals surface area contributed by atoms with E-state index in [2.05, 4.69) is 0 Å². The molecule has 1 heterocycles. The van der Waals surface area contributed by atoms with E-state index in [1.807, 2.05) is 12.1 Å². The number of rotatable bonds is 9. The van der Waals surface area contributed by atoms with Crippen LogP contribution >= 0.6 is 0 Å². The molecule has 3 aromatic rings. The first-order chi connectivity index (χ1) is 17.4. The summed E-state index contributed by atoms with van der Waals surface area (Å²) >= 11 is 0. The highest BCUT2D eigenvalue weighted by molar-refractivity contribution is 5.79. The summed E-state index contributed by atoms with van der Waals surface area (Å²) < 4.78 is 30.4. The lowest BCUT2D eigenvalue weighted by atomic mass is 9.87. The van der Waals surface area contributed by atoms with E-state index in [0.717, 1.165) is 22.3 Å². The van der Waals surface area contributed by atoms with Gasteiger partial charge in [0, 0.05) is 13.0 Å². The summed E-state index contributed by atoms with van der Waals surface area (Å²) in [6.07, 6.45) is 1.10. The zero-order valence-corrected chi connectivity index (χ0v) is 20.2. The van der Waals surface area contributed by atoms with Gasteiger partial charge in [-0.2, -0.15) is 0 Å². The highest BCUT2D eigenvalue weighted by Gasteiger charge is 2.33. The van der Waals surface area contributed by atoms with Crippen molar-refractivity contribution >= 4 is 11.9 Å². The van der Waals surface area contributed by atoms with Gasteiger partial charge in [0.25, 0.3) is 5.91 Å². The lowest BCUT2D eigenvalue weighted by Crippen LogP contribution is -2.43. The molecule has 1 amide bonds. The number of hydrogen-bond donors (Lipinski definition) is 1. The maximum absolute atomic E-state index is 13.7. The van der Waals surface area contributed by atoms with E-state index in [9.17, 15) is 14.0 Å². The first-order valence-corrected chi connectivity index (χ1v) is 11.6. The number of benzene rings is 3. The predicted octanol–water partition coefficient (Wildman–Crippen LogP) is 4.41. The highest BCUT2D eigenvalue weighted by atomic mass is 19.1. The van der Waals surface area contributed by atoms with Crippen LogP contribution in [0, 0.1) is 5.82 Å². The molecular weight excluding hydrogens is 465 g/mol. The number of methoxy groups -OCH3 is 2. The van der Waals surface area contributed by atoms with E-state index in [-0.39, 0.29) is 24.8 Å². The molecule has 3 aromatic carbocycles. The number of amides is 1. The molecule has 0 saturated heterocycles. The molecule has 1 atom stereocenters. The van der Waals surface area contributed by atoms with Crippen LogP contribution in [0.2, 0.25) is 0 Å². The Kier molecular flexibility index (Phi) is 7.73. The average Bonchev–Trinajstić information content (AvgIpc) is 2.90. The zero-order valence-electron chi connectivity index (χ0n) is 20.2. The second-order valence-corrected chi connectivity index (χ2v) is 8.52. The summed E-state index contributed by atoms with van der Waals surface area (Å²) in [6.45, 7) is 0.287. The van der Waals surface area contributed by atoms with E-state index >= 15 is 0 Å². The fraction of sp³-hybridized carbons (Fsp3) is 0.286. The fourth-order valence-corrected chi connectivity index (χ4v) is 4.45. The molecule has 0 bridgehead atoms. The quantitative estimate of drug-likeness (QED) is 0.475. The number of carboxylic acid groups (broad SMARTS) is 1. The molecule has 1 unspecified atom stereocenters. The Morgan fingerprint density at radius 1 is 1.00 bits per heavy atom. The molecule has 0 fully saturated rings. The van der Waals surface area contributed by atoms with Crippen LogP contribution in [0.3, 0.4) is 0 Å². The predicted molar refractivity (Wildman–Crippen MR) is 131 cm³/mol. The minimum Gasteiger partial charge on any atom is -0.493 e. The summed E-state index contributed by atoms with van der Waals surface area (Å²) in [5, 5.41) is 8.83. The Bertz CT molecular complexity index is 1230. The van der Waals surface area contributed by atoms with Crippen LogP contribution in [-0.4, -0.2) is 49.3 Å². The molecule has 1 N–H and O–H groups in total. The molecule has 0 spiro atoms. The third-order valence-electron chi connectivity index (χ3n) is 6.29. The Hall–Kier alpha value is -4.07. The van der Waals surface area contributed by atoms with Crippen LogP contribution in [0.1, 0.15) is 34.7 Å². The second kappa shape index (κ2) is 11.1. The molecule has 4 rings (SSSR count). The molecular formula is C28H28FNO6. The van der Waals surface area contributed by atoms with Crippen molar-refractivity contribution in [3.8, 4) is 17.2 Å². The Morgan fingerprint density at radius 3 is 2.31 bits per heavy atom. The van der Waals surface area contributed by atoms with Gasteiger partial charge in [0.2, 0.25) is 0 Å². The van der Waals surface area contributed by atoms with Gasteiger partial charge in [-0.05, 0) is 71.5 Å². The average molecular weight is 494 g/mol. The summed E-state index contributed by atoms with van der Waals surface area (Å²) in [5.41, 5.74) is 3.58. The van der Waals surface area contributed by atoms with Crippen molar-refractivity contribution in [3.63, 3.8) is 0 Å². The minimum absolute atomic E-state index is 0.0521. The number of carbonyl (C=O) groups excluding carboxylic acids is 1. The van der Waals surface area contributed by atoms with E-state index in [0.29, 0.717) is 36.6 Å². The lowest BCUT2D eigenvalue weighted by molar-refractivity contribution is -0.137. The molecule has 0 radical (unpaired) electrons. The Labute approximate surface area is 209 Å². The number of aliphatic carboxylic acids is 1. The number of ether oxygens (including phenoxy) is 3. The molecule has 7 nitrogen and oxygen atoms in total. The monoisotopic (exact) mass is 493 g/mol. The Morgan fingerprint density at radius 2 is 1.67 bits per heavy atom. The number of fused-ring (bicyclic) bond motifs is 1. The van der Waals surface area contributed by atoms with Crippen molar-refractivity contribution in [1.29, 1.82) is 0 Å². The first-order valence-electron chi connectivity index (χ1n) is 11.6. The number of carboxylic acids is 1. The standard InChI is InChI=1S/C28H28FNO6/c1-34-24-15-20-13-14-30(26(31)17-36-22-10-3-18(4-11-22)5-12-27(32)33)28(23(20)16-25(24)35-2)19-6-8-21(29)9-7-19/h3-4,6-11,15-16,28H,5,12-14,17H2,1-2H3,(H,32,33). The van der Waals surface area contributed by atoms with Crippen molar-refractivity contribution < 1.29 is 33.3 Å². The van der Waals surface area contributed by atoms with Gasteiger partial charge in [0.1, 0.15) is 11.6 Å². The van der Waals surface area contributed by atoms with E-state index in [4.69, 9.17) is 19.3 Å². The van der Waals surface area contributed by atoms with Crippen molar-refractivity contribution in [2.24, 2.45) is 0 Å². The normalized spacial score (nSPS) is 14.6. The SMILES string of the molecule is COc1cc2c(cc1OC)C(c1ccc(F)cc1)N(C(=O)COc1ccc(CCC(=O)O)cc1)CC2. The fourth-order valence-electron chi connectivity index (χ4n) is 4.45.